The zero-order valence-electron chi connectivity index (χ0n) is 12.8. The summed E-state index contributed by atoms with van der Waals surface area (Å²) in [7, 11) is 0. The second kappa shape index (κ2) is 6.83. The van der Waals surface area contributed by atoms with Crippen LogP contribution in [-0.4, -0.2) is 22.5 Å². The standard InChI is InChI=1S/C17H16N2O4/c1-11(2)18-14-10-13(8-9-15(14)19(22)23)17(21)16(20)12-6-4-3-5-7-12/h3-11,18H,1-2H3. The van der Waals surface area contributed by atoms with E-state index in [9.17, 15) is 19.7 Å². The number of anilines is 1. The topological polar surface area (TPSA) is 89.3 Å². The highest BCUT2D eigenvalue weighted by atomic mass is 16.6. The van der Waals surface area contributed by atoms with Gasteiger partial charge in [0, 0.05) is 23.2 Å². The highest BCUT2D eigenvalue weighted by Crippen LogP contribution is 2.26. The van der Waals surface area contributed by atoms with E-state index >= 15 is 0 Å². The minimum absolute atomic E-state index is 0.0520. The molecule has 0 aliphatic carbocycles. The van der Waals surface area contributed by atoms with Gasteiger partial charge < -0.3 is 5.32 Å². The molecule has 0 radical (unpaired) electrons. The molecular formula is C17H16N2O4. The Balaban J connectivity index is 2.38. The zero-order valence-corrected chi connectivity index (χ0v) is 12.8. The van der Waals surface area contributed by atoms with E-state index in [1.165, 1.54) is 18.2 Å². The van der Waals surface area contributed by atoms with E-state index in [2.05, 4.69) is 5.32 Å². The maximum absolute atomic E-state index is 12.3. The van der Waals surface area contributed by atoms with Gasteiger partial charge in [-0.05, 0) is 26.0 Å². The van der Waals surface area contributed by atoms with E-state index in [-0.39, 0.29) is 28.5 Å². The molecular weight excluding hydrogens is 296 g/mol. The second-order valence-electron chi connectivity index (χ2n) is 5.31. The summed E-state index contributed by atoms with van der Waals surface area (Å²) in [5.41, 5.74) is 0.487. The van der Waals surface area contributed by atoms with Crippen LogP contribution in [0.2, 0.25) is 0 Å². The van der Waals surface area contributed by atoms with Crippen molar-refractivity contribution >= 4 is 22.9 Å². The van der Waals surface area contributed by atoms with Crippen LogP contribution in [-0.2, 0) is 0 Å². The Morgan fingerprint density at radius 1 is 1.00 bits per heavy atom. The Morgan fingerprint density at radius 2 is 1.61 bits per heavy atom. The fourth-order valence-corrected chi connectivity index (χ4v) is 2.11. The van der Waals surface area contributed by atoms with Gasteiger partial charge in [-0.15, -0.1) is 0 Å². The van der Waals surface area contributed by atoms with Gasteiger partial charge in [-0.3, -0.25) is 19.7 Å². The lowest BCUT2D eigenvalue weighted by Gasteiger charge is -2.11. The number of hydrogen-bond donors (Lipinski definition) is 1. The van der Waals surface area contributed by atoms with E-state index in [0.717, 1.165) is 0 Å². The summed E-state index contributed by atoms with van der Waals surface area (Å²) < 4.78 is 0. The Kier molecular flexibility index (Phi) is 4.85. The molecule has 2 rings (SSSR count). The molecule has 0 bridgehead atoms. The first-order valence-electron chi connectivity index (χ1n) is 7.09. The predicted octanol–water partition coefficient (Wildman–Crippen LogP) is 3.48. The van der Waals surface area contributed by atoms with Crippen LogP contribution in [0.4, 0.5) is 11.4 Å². The van der Waals surface area contributed by atoms with Crippen LogP contribution >= 0.6 is 0 Å². The van der Waals surface area contributed by atoms with E-state index in [0.29, 0.717) is 0 Å². The Hall–Kier alpha value is -3.02. The van der Waals surface area contributed by atoms with Crippen LogP contribution in [0.15, 0.2) is 48.5 Å². The molecule has 0 spiro atoms. The van der Waals surface area contributed by atoms with Gasteiger partial charge in [0.25, 0.3) is 5.69 Å². The average Bonchev–Trinajstić information content (AvgIpc) is 2.53. The molecule has 118 valence electrons. The maximum atomic E-state index is 12.3. The third kappa shape index (κ3) is 3.79. The van der Waals surface area contributed by atoms with Crippen LogP contribution in [0.3, 0.4) is 0 Å². The van der Waals surface area contributed by atoms with Crippen molar-refractivity contribution in [1.29, 1.82) is 0 Å². The third-order valence-electron chi connectivity index (χ3n) is 3.14. The number of benzene rings is 2. The average molecular weight is 312 g/mol. The van der Waals surface area contributed by atoms with Crippen LogP contribution < -0.4 is 5.32 Å². The summed E-state index contributed by atoms with van der Waals surface area (Å²) >= 11 is 0. The molecule has 0 aromatic heterocycles. The molecule has 0 heterocycles. The Bertz CT molecular complexity index is 754. The first-order chi connectivity index (χ1) is 10.9. The molecule has 0 amide bonds. The lowest BCUT2D eigenvalue weighted by Crippen LogP contribution is -2.16. The molecule has 0 aliphatic rings. The van der Waals surface area contributed by atoms with Crippen molar-refractivity contribution < 1.29 is 14.5 Å². The van der Waals surface area contributed by atoms with Crippen LogP contribution in [0.25, 0.3) is 0 Å². The van der Waals surface area contributed by atoms with Crippen molar-refractivity contribution in [2.75, 3.05) is 5.32 Å². The number of carbonyl (C=O) groups excluding carboxylic acids is 2. The van der Waals surface area contributed by atoms with Gasteiger partial charge in [0.05, 0.1) is 4.92 Å². The first-order valence-corrected chi connectivity index (χ1v) is 7.09. The van der Waals surface area contributed by atoms with Crippen molar-refractivity contribution in [3.63, 3.8) is 0 Å². The van der Waals surface area contributed by atoms with Crippen molar-refractivity contribution in [2.45, 2.75) is 19.9 Å². The molecule has 1 N–H and O–H groups in total. The summed E-state index contributed by atoms with van der Waals surface area (Å²) in [6.45, 7) is 3.65. The number of nitro benzene ring substituents is 1. The van der Waals surface area contributed by atoms with Gasteiger partial charge in [0.15, 0.2) is 0 Å². The molecule has 0 atom stereocenters. The molecule has 0 unspecified atom stereocenters. The van der Waals surface area contributed by atoms with Crippen molar-refractivity contribution in [2.24, 2.45) is 0 Å². The summed E-state index contributed by atoms with van der Waals surface area (Å²) in [6.07, 6.45) is 0. The molecule has 6 nitrogen and oxygen atoms in total. The minimum atomic E-state index is -0.696. The SMILES string of the molecule is CC(C)Nc1cc(C(=O)C(=O)c2ccccc2)ccc1[N+](=O)[O-]. The highest BCUT2D eigenvalue weighted by Gasteiger charge is 2.22. The molecule has 2 aromatic carbocycles. The number of ketones is 2. The fourth-order valence-electron chi connectivity index (χ4n) is 2.11. The normalized spacial score (nSPS) is 10.4. The van der Waals surface area contributed by atoms with Crippen LogP contribution in [0.1, 0.15) is 34.6 Å². The number of hydrogen-bond acceptors (Lipinski definition) is 5. The van der Waals surface area contributed by atoms with E-state index < -0.39 is 16.5 Å². The molecule has 6 heteroatoms. The Labute approximate surface area is 133 Å². The van der Waals surface area contributed by atoms with Gasteiger partial charge in [0.2, 0.25) is 11.6 Å². The fraction of sp³-hybridized carbons (Fsp3) is 0.176. The van der Waals surface area contributed by atoms with Gasteiger partial charge in [-0.25, -0.2) is 0 Å². The van der Waals surface area contributed by atoms with E-state index in [4.69, 9.17) is 0 Å². The molecule has 0 saturated carbocycles. The quantitative estimate of drug-likeness (QED) is 0.382. The number of nitrogens with zero attached hydrogens (tertiary/aromatic N) is 1. The van der Waals surface area contributed by atoms with Gasteiger partial charge in [-0.2, -0.15) is 0 Å². The lowest BCUT2D eigenvalue weighted by molar-refractivity contribution is -0.384. The number of carbonyl (C=O) groups is 2. The van der Waals surface area contributed by atoms with Crippen molar-refractivity contribution in [3.05, 3.63) is 69.8 Å². The summed E-state index contributed by atoms with van der Waals surface area (Å²) in [6, 6.07) is 12.0. The number of Topliss-reactive ketones (excluding diaryl/α,β-unsaturated/α-hetero) is 2. The Morgan fingerprint density at radius 3 is 2.17 bits per heavy atom. The molecule has 23 heavy (non-hydrogen) atoms. The van der Waals surface area contributed by atoms with Crippen LogP contribution in [0.5, 0.6) is 0 Å². The first kappa shape index (κ1) is 16.4. The maximum Gasteiger partial charge on any atom is 0.292 e. The second-order valence-corrected chi connectivity index (χ2v) is 5.31. The smallest absolute Gasteiger partial charge is 0.292 e. The van der Waals surface area contributed by atoms with Gasteiger partial charge in [0.1, 0.15) is 5.69 Å². The molecule has 0 saturated heterocycles. The third-order valence-corrected chi connectivity index (χ3v) is 3.14. The number of rotatable bonds is 6. The van der Waals surface area contributed by atoms with Gasteiger partial charge in [-0.1, -0.05) is 30.3 Å². The number of nitro groups is 1. The monoisotopic (exact) mass is 312 g/mol. The van der Waals surface area contributed by atoms with Crippen molar-refractivity contribution in [3.8, 4) is 0 Å². The highest BCUT2D eigenvalue weighted by molar-refractivity contribution is 6.49. The molecule has 0 aliphatic heterocycles. The van der Waals surface area contributed by atoms with Crippen LogP contribution in [0, 0.1) is 10.1 Å². The largest absolute Gasteiger partial charge is 0.377 e. The summed E-state index contributed by atoms with van der Waals surface area (Å²) in [5.74, 6) is -1.34. The summed E-state index contributed by atoms with van der Waals surface area (Å²) in [4.78, 5) is 35.0. The lowest BCUT2D eigenvalue weighted by atomic mass is 10.0. The predicted molar refractivity (Wildman–Crippen MR) is 87.0 cm³/mol. The minimum Gasteiger partial charge on any atom is -0.377 e. The summed E-state index contributed by atoms with van der Waals surface area (Å²) in [5, 5.41) is 14.0. The number of nitrogens with one attached hydrogen (secondary N) is 1. The van der Waals surface area contributed by atoms with Crippen molar-refractivity contribution in [1.82, 2.24) is 0 Å². The van der Waals surface area contributed by atoms with E-state index in [1.54, 1.807) is 30.3 Å². The van der Waals surface area contributed by atoms with E-state index in [1.807, 2.05) is 13.8 Å². The molecule has 2 aromatic rings. The zero-order chi connectivity index (χ0) is 17.0. The molecule has 0 fully saturated rings. The van der Waals surface area contributed by atoms with Gasteiger partial charge >= 0.3 is 0 Å².